The Morgan fingerprint density at radius 2 is 2.00 bits per heavy atom. The number of ether oxygens (including phenoxy) is 1. The summed E-state index contributed by atoms with van der Waals surface area (Å²) in [5.41, 5.74) is 6.47. The van der Waals surface area contributed by atoms with Gasteiger partial charge in [-0.3, -0.25) is 9.48 Å². The van der Waals surface area contributed by atoms with E-state index in [-0.39, 0.29) is 12.5 Å². The molecule has 1 aromatic carbocycles. The second-order valence-electron chi connectivity index (χ2n) is 4.06. The SMILES string of the molecule is COC(=O)c1ccc(NC(=O)Cn2ccc(N)n2)cc1. The van der Waals surface area contributed by atoms with Gasteiger partial charge in [-0.15, -0.1) is 0 Å². The molecule has 1 amide bonds. The molecule has 0 aliphatic carbocycles. The van der Waals surface area contributed by atoms with Crippen LogP contribution in [-0.4, -0.2) is 28.8 Å². The smallest absolute Gasteiger partial charge is 0.337 e. The van der Waals surface area contributed by atoms with Crippen molar-refractivity contribution in [1.82, 2.24) is 9.78 Å². The first-order valence-corrected chi connectivity index (χ1v) is 5.85. The molecule has 2 aromatic rings. The molecular formula is C13H14N4O3. The first kappa shape index (κ1) is 13.6. The highest BCUT2D eigenvalue weighted by Crippen LogP contribution is 2.10. The van der Waals surface area contributed by atoms with Crippen LogP contribution in [0.1, 0.15) is 10.4 Å². The van der Waals surface area contributed by atoms with Gasteiger partial charge in [0.1, 0.15) is 12.4 Å². The number of amides is 1. The Hall–Kier alpha value is -2.83. The van der Waals surface area contributed by atoms with E-state index in [2.05, 4.69) is 15.2 Å². The van der Waals surface area contributed by atoms with Crippen molar-refractivity contribution in [2.75, 3.05) is 18.2 Å². The normalized spacial score (nSPS) is 10.1. The van der Waals surface area contributed by atoms with E-state index < -0.39 is 5.97 Å². The number of carbonyl (C=O) groups excluding carboxylic acids is 2. The quantitative estimate of drug-likeness (QED) is 0.807. The number of nitrogens with zero attached hydrogens (tertiary/aromatic N) is 2. The lowest BCUT2D eigenvalue weighted by Gasteiger charge is -2.06. The third-order valence-electron chi connectivity index (χ3n) is 2.56. The van der Waals surface area contributed by atoms with Gasteiger partial charge >= 0.3 is 5.97 Å². The Morgan fingerprint density at radius 3 is 2.55 bits per heavy atom. The Labute approximate surface area is 115 Å². The molecule has 20 heavy (non-hydrogen) atoms. The van der Waals surface area contributed by atoms with E-state index in [1.54, 1.807) is 36.5 Å². The largest absolute Gasteiger partial charge is 0.465 e. The number of anilines is 2. The third-order valence-corrected chi connectivity index (χ3v) is 2.56. The zero-order chi connectivity index (χ0) is 14.5. The van der Waals surface area contributed by atoms with E-state index in [9.17, 15) is 9.59 Å². The van der Waals surface area contributed by atoms with Crippen LogP contribution in [0.2, 0.25) is 0 Å². The van der Waals surface area contributed by atoms with Gasteiger partial charge in [0.05, 0.1) is 12.7 Å². The van der Waals surface area contributed by atoms with Crippen LogP contribution in [0.4, 0.5) is 11.5 Å². The number of benzene rings is 1. The number of aromatic nitrogens is 2. The number of rotatable bonds is 4. The van der Waals surface area contributed by atoms with E-state index in [4.69, 9.17) is 5.73 Å². The molecule has 0 spiro atoms. The lowest BCUT2D eigenvalue weighted by atomic mass is 10.2. The molecule has 0 saturated carbocycles. The maximum atomic E-state index is 11.8. The van der Waals surface area contributed by atoms with Crippen molar-refractivity contribution in [2.24, 2.45) is 0 Å². The van der Waals surface area contributed by atoms with Crippen molar-refractivity contribution in [3.63, 3.8) is 0 Å². The lowest BCUT2D eigenvalue weighted by molar-refractivity contribution is -0.116. The highest BCUT2D eigenvalue weighted by atomic mass is 16.5. The van der Waals surface area contributed by atoms with Crippen LogP contribution in [0.25, 0.3) is 0 Å². The van der Waals surface area contributed by atoms with Crippen molar-refractivity contribution < 1.29 is 14.3 Å². The molecule has 1 aromatic heterocycles. The lowest BCUT2D eigenvalue weighted by Crippen LogP contribution is -2.19. The molecule has 0 saturated heterocycles. The number of nitrogens with two attached hydrogens (primary N) is 1. The molecule has 0 aliphatic rings. The molecule has 0 bridgehead atoms. The summed E-state index contributed by atoms with van der Waals surface area (Å²) in [6.07, 6.45) is 1.62. The average molecular weight is 274 g/mol. The van der Waals surface area contributed by atoms with E-state index in [1.165, 1.54) is 11.8 Å². The number of carbonyl (C=O) groups is 2. The van der Waals surface area contributed by atoms with Crippen molar-refractivity contribution in [3.8, 4) is 0 Å². The molecule has 3 N–H and O–H groups in total. The predicted molar refractivity (Wildman–Crippen MR) is 73.1 cm³/mol. The number of hydrogen-bond acceptors (Lipinski definition) is 5. The summed E-state index contributed by atoms with van der Waals surface area (Å²) in [6, 6.07) is 8.02. The summed E-state index contributed by atoms with van der Waals surface area (Å²) in [4.78, 5) is 23.0. The number of nitrogens with one attached hydrogen (secondary N) is 1. The van der Waals surface area contributed by atoms with Crippen molar-refractivity contribution in [1.29, 1.82) is 0 Å². The minimum absolute atomic E-state index is 0.0654. The fourth-order valence-electron chi connectivity index (χ4n) is 1.62. The van der Waals surface area contributed by atoms with Gasteiger partial charge < -0.3 is 15.8 Å². The fourth-order valence-corrected chi connectivity index (χ4v) is 1.62. The molecule has 7 heteroatoms. The topological polar surface area (TPSA) is 99.2 Å². The van der Waals surface area contributed by atoms with Gasteiger partial charge in [-0.25, -0.2) is 4.79 Å². The number of nitrogen functional groups attached to an aromatic ring is 1. The zero-order valence-electron chi connectivity index (χ0n) is 10.9. The summed E-state index contributed by atoms with van der Waals surface area (Å²) in [7, 11) is 1.31. The highest BCUT2D eigenvalue weighted by Gasteiger charge is 2.07. The first-order valence-electron chi connectivity index (χ1n) is 5.85. The highest BCUT2D eigenvalue weighted by molar-refractivity contribution is 5.92. The van der Waals surface area contributed by atoms with Crippen LogP contribution in [-0.2, 0) is 16.1 Å². The summed E-state index contributed by atoms with van der Waals surface area (Å²) < 4.78 is 6.03. The monoisotopic (exact) mass is 274 g/mol. The third kappa shape index (κ3) is 3.35. The molecule has 0 radical (unpaired) electrons. The minimum atomic E-state index is -0.421. The molecule has 0 fully saturated rings. The average Bonchev–Trinajstić information content (AvgIpc) is 2.84. The standard InChI is InChI=1S/C13H14N4O3/c1-20-13(19)9-2-4-10(5-3-9)15-12(18)8-17-7-6-11(14)16-17/h2-7H,8H2,1H3,(H2,14,16)(H,15,18). The Bertz CT molecular complexity index is 619. The van der Waals surface area contributed by atoms with Crippen LogP contribution in [0.3, 0.4) is 0 Å². The van der Waals surface area contributed by atoms with Crippen LogP contribution in [0.5, 0.6) is 0 Å². The van der Waals surface area contributed by atoms with E-state index >= 15 is 0 Å². The van der Waals surface area contributed by atoms with Gasteiger partial charge in [0.15, 0.2) is 0 Å². The summed E-state index contributed by atoms with van der Waals surface area (Å²) in [5, 5.41) is 6.60. The van der Waals surface area contributed by atoms with Crippen molar-refractivity contribution >= 4 is 23.4 Å². The summed E-state index contributed by atoms with van der Waals surface area (Å²) in [6.45, 7) is 0.0654. The molecular weight excluding hydrogens is 260 g/mol. The molecule has 0 atom stereocenters. The van der Waals surface area contributed by atoms with Crippen LogP contribution in [0.15, 0.2) is 36.5 Å². The number of esters is 1. The predicted octanol–water partition coefficient (Wildman–Crippen LogP) is 0.891. The molecule has 0 aliphatic heterocycles. The van der Waals surface area contributed by atoms with Gasteiger partial charge in [0.2, 0.25) is 5.91 Å². The van der Waals surface area contributed by atoms with Gasteiger partial charge in [0, 0.05) is 11.9 Å². The van der Waals surface area contributed by atoms with E-state index in [1.807, 2.05) is 0 Å². The fraction of sp³-hybridized carbons (Fsp3) is 0.154. The molecule has 104 valence electrons. The number of hydrogen-bond donors (Lipinski definition) is 2. The summed E-state index contributed by atoms with van der Waals surface area (Å²) >= 11 is 0. The Morgan fingerprint density at radius 1 is 1.30 bits per heavy atom. The van der Waals surface area contributed by atoms with Crippen LogP contribution in [0, 0.1) is 0 Å². The second-order valence-corrected chi connectivity index (χ2v) is 4.06. The van der Waals surface area contributed by atoms with E-state index in [0.29, 0.717) is 17.1 Å². The number of methoxy groups -OCH3 is 1. The van der Waals surface area contributed by atoms with Gasteiger partial charge in [-0.2, -0.15) is 5.10 Å². The van der Waals surface area contributed by atoms with Crippen molar-refractivity contribution in [3.05, 3.63) is 42.1 Å². The zero-order valence-corrected chi connectivity index (χ0v) is 10.9. The molecule has 0 unspecified atom stereocenters. The Kier molecular flexibility index (Phi) is 3.99. The van der Waals surface area contributed by atoms with Gasteiger partial charge in [0.25, 0.3) is 0 Å². The molecule has 7 nitrogen and oxygen atoms in total. The first-order chi connectivity index (χ1) is 9.58. The molecule has 1 heterocycles. The minimum Gasteiger partial charge on any atom is -0.465 e. The van der Waals surface area contributed by atoms with E-state index in [0.717, 1.165) is 0 Å². The van der Waals surface area contributed by atoms with Crippen molar-refractivity contribution in [2.45, 2.75) is 6.54 Å². The van der Waals surface area contributed by atoms with Crippen LogP contribution >= 0.6 is 0 Å². The van der Waals surface area contributed by atoms with Gasteiger partial charge in [-0.1, -0.05) is 0 Å². The molecule has 2 rings (SSSR count). The summed E-state index contributed by atoms with van der Waals surface area (Å²) in [5.74, 6) is -0.297. The van der Waals surface area contributed by atoms with Gasteiger partial charge in [-0.05, 0) is 30.3 Å². The second kappa shape index (κ2) is 5.87. The maximum absolute atomic E-state index is 11.8. The maximum Gasteiger partial charge on any atom is 0.337 e. The van der Waals surface area contributed by atoms with Crippen LogP contribution < -0.4 is 11.1 Å². The Balaban J connectivity index is 1.96.